The fraction of sp³-hybridized carbons (Fsp3) is 0.133. The number of amides is 1. The molecular formula is C15H13ClFNOS. The molecule has 0 unspecified atom stereocenters. The zero-order chi connectivity index (χ0) is 14.4. The zero-order valence-corrected chi connectivity index (χ0v) is 12.2. The molecule has 2 rings (SSSR count). The Balaban J connectivity index is 1.80. The molecular weight excluding hydrogens is 297 g/mol. The molecule has 0 fully saturated rings. The molecule has 0 bridgehead atoms. The van der Waals surface area contributed by atoms with Crippen LogP contribution in [0.1, 0.15) is 5.56 Å². The van der Waals surface area contributed by atoms with Gasteiger partial charge in [0.05, 0.1) is 16.5 Å². The summed E-state index contributed by atoms with van der Waals surface area (Å²) in [7, 11) is 0. The van der Waals surface area contributed by atoms with E-state index in [1.54, 1.807) is 30.3 Å². The molecule has 0 aromatic heterocycles. The normalized spacial score (nSPS) is 10.3. The van der Waals surface area contributed by atoms with Gasteiger partial charge in [0.25, 0.3) is 0 Å². The first-order valence-electron chi connectivity index (χ1n) is 6.02. The zero-order valence-electron chi connectivity index (χ0n) is 10.6. The van der Waals surface area contributed by atoms with Gasteiger partial charge in [-0.25, -0.2) is 4.39 Å². The number of halogens is 2. The fourth-order valence-corrected chi connectivity index (χ4v) is 2.60. The first kappa shape index (κ1) is 14.9. The monoisotopic (exact) mass is 309 g/mol. The van der Waals surface area contributed by atoms with Crippen LogP contribution in [0.2, 0.25) is 5.02 Å². The summed E-state index contributed by atoms with van der Waals surface area (Å²) >= 11 is 7.38. The minimum absolute atomic E-state index is 0.125. The molecule has 2 aromatic rings. The second-order valence-corrected chi connectivity index (χ2v) is 5.54. The third-order valence-corrected chi connectivity index (χ3v) is 3.87. The Morgan fingerprint density at radius 3 is 2.75 bits per heavy atom. The topological polar surface area (TPSA) is 29.1 Å². The summed E-state index contributed by atoms with van der Waals surface area (Å²) in [5, 5.41) is 3.25. The van der Waals surface area contributed by atoms with E-state index in [2.05, 4.69) is 5.32 Å². The predicted molar refractivity (Wildman–Crippen MR) is 82.6 cm³/mol. The highest BCUT2D eigenvalue weighted by Crippen LogP contribution is 2.21. The molecule has 2 aromatic carbocycles. The average molecular weight is 310 g/mol. The maximum Gasteiger partial charge on any atom is 0.234 e. The SMILES string of the molecule is O=C(CSCc1cccc(F)c1)Nc1ccccc1Cl. The fourth-order valence-electron chi connectivity index (χ4n) is 1.64. The van der Waals surface area contributed by atoms with Crippen LogP contribution in [0.4, 0.5) is 10.1 Å². The molecule has 0 atom stereocenters. The molecule has 1 amide bonds. The maximum absolute atomic E-state index is 13.0. The van der Waals surface area contributed by atoms with E-state index in [9.17, 15) is 9.18 Å². The lowest BCUT2D eigenvalue weighted by Gasteiger charge is -2.06. The molecule has 20 heavy (non-hydrogen) atoms. The lowest BCUT2D eigenvalue weighted by molar-refractivity contribution is -0.113. The van der Waals surface area contributed by atoms with E-state index < -0.39 is 0 Å². The van der Waals surface area contributed by atoms with Gasteiger partial charge in [0, 0.05) is 5.75 Å². The molecule has 0 aliphatic rings. The summed E-state index contributed by atoms with van der Waals surface area (Å²) in [5.41, 5.74) is 1.46. The van der Waals surface area contributed by atoms with Gasteiger partial charge in [0.15, 0.2) is 0 Å². The summed E-state index contributed by atoms with van der Waals surface area (Å²) in [6.07, 6.45) is 0. The number of para-hydroxylation sites is 1. The molecule has 0 aliphatic carbocycles. The summed E-state index contributed by atoms with van der Waals surface area (Å²) in [6, 6.07) is 13.4. The van der Waals surface area contributed by atoms with Gasteiger partial charge < -0.3 is 5.32 Å². The number of carbonyl (C=O) groups is 1. The molecule has 104 valence electrons. The highest BCUT2D eigenvalue weighted by Gasteiger charge is 2.05. The molecule has 1 N–H and O–H groups in total. The third-order valence-electron chi connectivity index (χ3n) is 2.54. The van der Waals surface area contributed by atoms with E-state index in [1.165, 1.54) is 23.9 Å². The number of rotatable bonds is 5. The first-order chi connectivity index (χ1) is 9.65. The Kier molecular flexibility index (Phi) is 5.44. The van der Waals surface area contributed by atoms with E-state index in [1.807, 2.05) is 6.07 Å². The first-order valence-corrected chi connectivity index (χ1v) is 7.55. The van der Waals surface area contributed by atoms with Crippen LogP contribution in [0.3, 0.4) is 0 Å². The van der Waals surface area contributed by atoms with Gasteiger partial charge in [-0.05, 0) is 29.8 Å². The Hall–Kier alpha value is -1.52. The molecule has 0 aliphatic heterocycles. The third kappa shape index (κ3) is 4.54. The van der Waals surface area contributed by atoms with Crippen LogP contribution < -0.4 is 5.32 Å². The van der Waals surface area contributed by atoms with Crippen molar-refractivity contribution in [3.8, 4) is 0 Å². The lowest BCUT2D eigenvalue weighted by atomic mass is 10.2. The van der Waals surface area contributed by atoms with Crippen molar-refractivity contribution in [1.82, 2.24) is 0 Å². The van der Waals surface area contributed by atoms with Crippen molar-refractivity contribution in [3.05, 3.63) is 64.9 Å². The van der Waals surface area contributed by atoms with Gasteiger partial charge in [-0.1, -0.05) is 35.9 Å². The van der Waals surface area contributed by atoms with E-state index >= 15 is 0 Å². The number of hydrogen-bond donors (Lipinski definition) is 1. The number of anilines is 1. The van der Waals surface area contributed by atoms with Crippen LogP contribution in [0.15, 0.2) is 48.5 Å². The van der Waals surface area contributed by atoms with Gasteiger partial charge in [0.2, 0.25) is 5.91 Å². The van der Waals surface area contributed by atoms with Crippen molar-refractivity contribution in [2.45, 2.75) is 5.75 Å². The van der Waals surface area contributed by atoms with Crippen molar-refractivity contribution in [1.29, 1.82) is 0 Å². The van der Waals surface area contributed by atoms with E-state index in [0.29, 0.717) is 22.2 Å². The van der Waals surface area contributed by atoms with Crippen LogP contribution in [-0.2, 0) is 10.5 Å². The number of benzene rings is 2. The minimum atomic E-state index is -0.261. The molecule has 2 nitrogen and oxygen atoms in total. The van der Waals surface area contributed by atoms with Gasteiger partial charge >= 0.3 is 0 Å². The largest absolute Gasteiger partial charge is 0.324 e. The second-order valence-electron chi connectivity index (χ2n) is 4.15. The predicted octanol–water partition coefficient (Wildman–Crippen LogP) is 4.35. The average Bonchev–Trinajstić information content (AvgIpc) is 2.41. The highest BCUT2D eigenvalue weighted by atomic mass is 35.5. The highest BCUT2D eigenvalue weighted by molar-refractivity contribution is 7.99. The number of thioether (sulfide) groups is 1. The summed E-state index contributed by atoms with van der Waals surface area (Å²) < 4.78 is 13.0. The summed E-state index contributed by atoms with van der Waals surface area (Å²) in [6.45, 7) is 0. The summed E-state index contributed by atoms with van der Waals surface area (Å²) in [4.78, 5) is 11.8. The van der Waals surface area contributed by atoms with E-state index in [-0.39, 0.29) is 11.7 Å². The number of nitrogens with one attached hydrogen (secondary N) is 1. The van der Waals surface area contributed by atoms with Crippen LogP contribution in [0.5, 0.6) is 0 Å². The molecule has 0 saturated carbocycles. The molecule has 0 radical (unpaired) electrons. The quantitative estimate of drug-likeness (QED) is 0.889. The maximum atomic E-state index is 13.0. The minimum Gasteiger partial charge on any atom is -0.324 e. The number of carbonyl (C=O) groups excluding carboxylic acids is 1. The van der Waals surface area contributed by atoms with Gasteiger partial charge in [-0.2, -0.15) is 0 Å². The smallest absolute Gasteiger partial charge is 0.234 e. The Bertz CT molecular complexity index is 606. The van der Waals surface area contributed by atoms with E-state index in [0.717, 1.165) is 5.56 Å². The summed E-state index contributed by atoms with van der Waals surface area (Å²) in [5.74, 6) is 0.498. The van der Waals surface area contributed by atoms with Gasteiger partial charge in [0.1, 0.15) is 5.82 Å². The lowest BCUT2D eigenvalue weighted by Crippen LogP contribution is -2.14. The Morgan fingerprint density at radius 2 is 2.00 bits per heavy atom. The van der Waals surface area contributed by atoms with Crippen molar-refractivity contribution >= 4 is 35.0 Å². The van der Waals surface area contributed by atoms with Crippen molar-refractivity contribution in [2.75, 3.05) is 11.1 Å². The Morgan fingerprint density at radius 1 is 1.20 bits per heavy atom. The molecule has 5 heteroatoms. The van der Waals surface area contributed by atoms with Crippen LogP contribution in [0, 0.1) is 5.82 Å². The number of hydrogen-bond acceptors (Lipinski definition) is 2. The van der Waals surface area contributed by atoms with Crippen LogP contribution in [-0.4, -0.2) is 11.7 Å². The van der Waals surface area contributed by atoms with Crippen molar-refractivity contribution in [3.63, 3.8) is 0 Å². The molecule has 0 spiro atoms. The van der Waals surface area contributed by atoms with Crippen molar-refractivity contribution < 1.29 is 9.18 Å². The van der Waals surface area contributed by atoms with Gasteiger partial charge in [-0.3, -0.25) is 4.79 Å². The van der Waals surface area contributed by atoms with Crippen LogP contribution in [0.25, 0.3) is 0 Å². The van der Waals surface area contributed by atoms with Crippen molar-refractivity contribution in [2.24, 2.45) is 0 Å². The standard InChI is InChI=1S/C15H13ClFNOS/c16-13-6-1-2-7-14(13)18-15(19)10-20-9-11-4-3-5-12(17)8-11/h1-8H,9-10H2,(H,18,19). The molecule has 0 heterocycles. The van der Waals surface area contributed by atoms with Gasteiger partial charge in [-0.15, -0.1) is 11.8 Å². The molecule has 0 saturated heterocycles. The van der Waals surface area contributed by atoms with Crippen LogP contribution >= 0.6 is 23.4 Å². The second kappa shape index (κ2) is 7.31. The Labute approximate surface area is 126 Å². The van der Waals surface area contributed by atoms with E-state index in [4.69, 9.17) is 11.6 Å².